The molecule has 0 aliphatic carbocycles. The number of piperazine rings is 1. The van der Waals surface area contributed by atoms with E-state index in [-0.39, 0.29) is 25.6 Å². The number of aryl methyl sites for hydroxylation is 2. The first-order valence-electron chi connectivity index (χ1n) is 10.4. The molecule has 0 radical (unpaired) electrons. The van der Waals surface area contributed by atoms with Crippen LogP contribution in [0.4, 0.5) is 0 Å². The Morgan fingerprint density at radius 3 is 1.97 bits per heavy atom. The molecule has 3 rings (SSSR count). The van der Waals surface area contributed by atoms with Crippen molar-refractivity contribution in [1.29, 1.82) is 0 Å². The molecule has 0 atom stereocenters. The summed E-state index contributed by atoms with van der Waals surface area (Å²) in [5, 5.41) is 0. The van der Waals surface area contributed by atoms with E-state index in [1.54, 1.807) is 17.0 Å². The molecular formula is C23H29N3O5S. The van der Waals surface area contributed by atoms with Crippen molar-refractivity contribution in [3.05, 3.63) is 58.1 Å². The average Bonchev–Trinajstić information content (AvgIpc) is 2.76. The van der Waals surface area contributed by atoms with Crippen LogP contribution in [0.3, 0.4) is 0 Å². The standard InChI is InChI=1S/C23H29N3O5S/c1-15-13-16(2)18(4)22(17(15)3)32(29,30)26-11-9-25(10-12-26)21(27)14-31-20-7-5-19(6-8-20)23(24)28/h5-8,13H,9-12,14H2,1-4H3,(H2,24,28). The number of nitrogens with two attached hydrogens (primary N) is 1. The zero-order valence-corrected chi connectivity index (χ0v) is 19.7. The fourth-order valence-corrected chi connectivity index (χ4v) is 5.82. The average molecular weight is 460 g/mol. The van der Waals surface area contributed by atoms with Crippen molar-refractivity contribution in [1.82, 2.24) is 9.21 Å². The van der Waals surface area contributed by atoms with Crippen molar-refractivity contribution in [2.75, 3.05) is 32.8 Å². The van der Waals surface area contributed by atoms with E-state index in [0.717, 1.165) is 22.3 Å². The summed E-state index contributed by atoms with van der Waals surface area (Å²) < 4.78 is 33.7. The van der Waals surface area contributed by atoms with Gasteiger partial charge in [0.1, 0.15) is 5.75 Å². The quantitative estimate of drug-likeness (QED) is 0.710. The van der Waals surface area contributed by atoms with Crippen LogP contribution in [0.2, 0.25) is 0 Å². The Bertz CT molecular complexity index is 1110. The number of rotatable bonds is 6. The Morgan fingerprint density at radius 2 is 1.47 bits per heavy atom. The zero-order chi connectivity index (χ0) is 23.6. The number of amides is 2. The van der Waals surface area contributed by atoms with Gasteiger partial charge < -0.3 is 15.4 Å². The number of primary amides is 1. The van der Waals surface area contributed by atoms with Gasteiger partial charge in [-0.3, -0.25) is 9.59 Å². The predicted octanol–water partition coefficient (Wildman–Crippen LogP) is 1.93. The van der Waals surface area contributed by atoms with Crippen molar-refractivity contribution < 1.29 is 22.7 Å². The maximum Gasteiger partial charge on any atom is 0.260 e. The minimum absolute atomic E-state index is 0.169. The first kappa shape index (κ1) is 23.7. The molecule has 1 aliphatic rings. The number of hydrogen-bond donors (Lipinski definition) is 1. The van der Waals surface area contributed by atoms with Crippen molar-refractivity contribution in [2.45, 2.75) is 32.6 Å². The van der Waals surface area contributed by atoms with Crippen molar-refractivity contribution in [3.8, 4) is 5.75 Å². The van der Waals surface area contributed by atoms with Crippen molar-refractivity contribution in [2.24, 2.45) is 5.73 Å². The van der Waals surface area contributed by atoms with Crippen LogP contribution in [0, 0.1) is 27.7 Å². The highest BCUT2D eigenvalue weighted by atomic mass is 32.2. The lowest BCUT2D eigenvalue weighted by Gasteiger charge is -2.34. The molecule has 0 unspecified atom stereocenters. The van der Waals surface area contributed by atoms with Crippen LogP contribution in [-0.2, 0) is 14.8 Å². The SMILES string of the molecule is Cc1cc(C)c(C)c(S(=O)(=O)N2CCN(C(=O)COc3ccc(C(N)=O)cc3)CC2)c1C. The summed E-state index contributed by atoms with van der Waals surface area (Å²) in [5.41, 5.74) is 8.99. The van der Waals surface area contributed by atoms with E-state index in [0.29, 0.717) is 29.3 Å². The van der Waals surface area contributed by atoms with Crippen LogP contribution in [-0.4, -0.2) is 62.2 Å². The van der Waals surface area contributed by atoms with Crippen molar-refractivity contribution in [3.63, 3.8) is 0 Å². The fraction of sp³-hybridized carbons (Fsp3) is 0.391. The molecule has 0 saturated carbocycles. The maximum absolute atomic E-state index is 13.4. The molecule has 32 heavy (non-hydrogen) atoms. The fourth-order valence-electron chi connectivity index (χ4n) is 3.83. The molecule has 1 aliphatic heterocycles. The second-order valence-corrected chi connectivity index (χ2v) is 9.93. The molecule has 0 spiro atoms. The second kappa shape index (κ2) is 9.30. The third-order valence-corrected chi connectivity index (χ3v) is 8.16. The van der Waals surface area contributed by atoms with E-state index in [2.05, 4.69) is 0 Å². The molecule has 2 N–H and O–H groups in total. The first-order valence-corrected chi connectivity index (χ1v) is 11.8. The molecule has 0 bridgehead atoms. The van der Waals surface area contributed by atoms with E-state index in [4.69, 9.17) is 10.5 Å². The summed E-state index contributed by atoms with van der Waals surface area (Å²) >= 11 is 0. The zero-order valence-electron chi connectivity index (χ0n) is 18.8. The molecule has 2 amide bonds. The van der Waals surface area contributed by atoms with Gasteiger partial charge in [0.15, 0.2) is 6.61 Å². The van der Waals surface area contributed by atoms with Gasteiger partial charge in [-0.15, -0.1) is 0 Å². The summed E-state index contributed by atoms with van der Waals surface area (Å²) in [5.74, 6) is -0.309. The lowest BCUT2D eigenvalue weighted by atomic mass is 10.0. The minimum atomic E-state index is -3.66. The van der Waals surface area contributed by atoms with Gasteiger partial charge >= 0.3 is 0 Å². The van der Waals surface area contributed by atoms with E-state index in [1.807, 2.05) is 33.8 Å². The van der Waals surface area contributed by atoms with E-state index >= 15 is 0 Å². The number of nitrogens with zero attached hydrogens (tertiary/aromatic N) is 2. The Labute approximate surface area is 189 Å². The van der Waals surface area contributed by atoms with E-state index in [1.165, 1.54) is 16.4 Å². The molecule has 2 aromatic carbocycles. The third-order valence-electron chi connectivity index (χ3n) is 5.99. The van der Waals surface area contributed by atoms with Crippen LogP contribution < -0.4 is 10.5 Å². The van der Waals surface area contributed by atoms with Crippen LogP contribution in [0.25, 0.3) is 0 Å². The summed E-state index contributed by atoms with van der Waals surface area (Å²) in [7, 11) is -3.66. The Hall–Kier alpha value is -2.91. The van der Waals surface area contributed by atoms with Gasteiger partial charge in [-0.25, -0.2) is 8.42 Å². The Balaban J connectivity index is 1.62. The third kappa shape index (κ3) is 4.78. The smallest absolute Gasteiger partial charge is 0.260 e. The number of benzene rings is 2. The second-order valence-electron chi connectivity index (χ2n) is 8.05. The lowest BCUT2D eigenvalue weighted by Crippen LogP contribution is -2.51. The highest BCUT2D eigenvalue weighted by Crippen LogP contribution is 2.29. The van der Waals surface area contributed by atoms with Crippen LogP contribution in [0.1, 0.15) is 32.6 Å². The molecule has 8 nitrogen and oxygen atoms in total. The molecule has 9 heteroatoms. The van der Waals surface area contributed by atoms with Gasteiger partial charge in [-0.1, -0.05) is 6.07 Å². The highest BCUT2D eigenvalue weighted by molar-refractivity contribution is 7.89. The van der Waals surface area contributed by atoms with Crippen LogP contribution in [0.5, 0.6) is 5.75 Å². The molecule has 0 aromatic heterocycles. The van der Waals surface area contributed by atoms with Gasteiger partial charge in [-0.2, -0.15) is 4.31 Å². The first-order chi connectivity index (χ1) is 15.0. The molecular weight excluding hydrogens is 430 g/mol. The number of ether oxygens (including phenoxy) is 1. The maximum atomic E-state index is 13.4. The van der Waals surface area contributed by atoms with Gasteiger partial charge in [-0.05, 0) is 74.2 Å². The Morgan fingerprint density at radius 1 is 0.938 bits per heavy atom. The van der Waals surface area contributed by atoms with E-state index < -0.39 is 15.9 Å². The molecule has 2 aromatic rings. The minimum Gasteiger partial charge on any atom is -0.484 e. The number of carbonyl (C=O) groups is 2. The topological polar surface area (TPSA) is 110 Å². The summed E-state index contributed by atoms with van der Waals surface area (Å²) in [6.07, 6.45) is 0. The van der Waals surface area contributed by atoms with Crippen LogP contribution in [0.15, 0.2) is 35.2 Å². The molecule has 1 fully saturated rings. The molecule has 1 heterocycles. The number of carbonyl (C=O) groups excluding carboxylic acids is 2. The van der Waals surface area contributed by atoms with Crippen molar-refractivity contribution >= 4 is 21.8 Å². The molecule has 172 valence electrons. The van der Waals surface area contributed by atoms with Gasteiger partial charge in [0.25, 0.3) is 5.91 Å². The lowest BCUT2D eigenvalue weighted by molar-refractivity contribution is -0.134. The number of sulfonamides is 1. The van der Waals surface area contributed by atoms with E-state index in [9.17, 15) is 18.0 Å². The van der Waals surface area contributed by atoms with Gasteiger partial charge in [0, 0.05) is 31.7 Å². The summed E-state index contributed by atoms with van der Waals surface area (Å²) in [6, 6.07) is 8.21. The van der Waals surface area contributed by atoms with Gasteiger partial charge in [0.2, 0.25) is 15.9 Å². The summed E-state index contributed by atoms with van der Waals surface area (Å²) in [6.45, 7) is 8.38. The largest absolute Gasteiger partial charge is 0.484 e. The monoisotopic (exact) mass is 459 g/mol. The predicted molar refractivity (Wildman–Crippen MR) is 121 cm³/mol. The summed E-state index contributed by atoms with van der Waals surface area (Å²) in [4.78, 5) is 25.6. The van der Waals surface area contributed by atoms with Gasteiger partial charge in [0.05, 0.1) is 4.90 Å². The highest BCUT2D eigenvalue weighted by Gasteiger charge is 2.33. The Kier molecular flexibility index (Phi) is 6.90. The van der Waals surface area contributed by atoms with Crippen LogP contribution >= 0.6 is 0 Å². The number of hydrogen-bond acceptors (Lipinski definition) is 5. The molecule has 1 saturated heterocycles. The normalized spacial score (nSPS) is 14.9.